The number of carbonyl (C=O) groups excluding carboxylic acids is 1. The van der Waals surface area contributed by atoms with Gasteiger partial charge in [0.1, 0.15) is 22.9 Å². The van der Waals surface area contributed by atoms with Crippen LogP contribution in [0.2, 0.25) is 0 Å². The minimum Gasteiger partial charge on any atom is -0.493 e. The summed E-state index contributed by atoms with van der Waals surface area (Å²) in [6.07, 6.45) is -3.87. The van der Waals surface area contributed by atoms with Gasteiger partial charge in [-0.25, -0.2) is 8.42 Å². The lowest BCUT2D eigenvalue weighted by Gasteiger charge is -2.34. The quantitative estimate of drug-likeness (QED) is 0.383. The van der Waals surface area contributed by atoms with Gasteiger partial charge in [0.25, 0.3) is 5.91 Å². The van der Waals surface area contributed by atoms with Crippen molar-refractivity contribution in [3.05, 3.63) is 64.6 Å². The minimum absolute atomic E-state index is 0.0173. The molecule has 4 rings (SSSR count). The normalized spacial score (nSPS) is 18.4. The van der Waals surface area contributed by atoms with E-state index >= 15 is 0 Å². The van der Waals surface area contributed by atoms with Crippen molar-refractivity contribution in [1.82, 2.24) is 9.62 Å². The number of carbonyl (C=O) groups is 1. The topological polar surface area (TPSA) is 138 Å². The lowest BCUT2D eigenvalue weighted by Crippen LogP contribution is -2.50. The summed E-state index contributed by atoms with van der Waals surface area (Å²) >= 11 is 0. The molecule has 0 radical (unpaired) electrons. The van der Waals surface area contributed by atoms with E-state index in [1.807, 2.05) is 0 Å². The number of piperidine rings is 1. The molecule has 0 saturated carbocycles. The minimum atomic E-state index is -4.87. The summed E-state index contributed by atoms with van der Waals surface area (Å²) in [4.78, 5) is 17.3. The maximum Gasteiger partial charge on any atom is 0.573 e. The van der Waals surface area contributed by atoms with Gasteiger partial charge in [-0.05, 0) is 55.2 Å². The first-order valence-electron chi connectivity index (χ1n) is 12.8. The fourth-order valence-electron chi connectivity index (χ4n) is 4.55. The molecule has 3 N–H and O–H groups in total. The van der Waals surface area contributed by atoms with Gasteiger partial charge in [-0.1, -0.05) is 24.3 Å². The van der Waals surface area contributed by atoms with Gasteiger partial charge >= 0.3 is 6.36 Å². The number of amides is 1. The molecule has 10 nitrogen and oxygen atoms in total. The number of benzene rings is 2. The number of aliphatic imine (C=N–C) groups is 1. The second kappa shape index (κ2) is 12.2. The molecule has 14 heteroatoms. The largest absolute Gasteiger partial charge is 0.573 e. The zero-order chi connectivity index (χ0) is 29.8. The summed E-state index contributed by atoms with van der Waals surface area (Å²) in [6, 6.07) is 10.3. The highest BCUT2D eigenvalue weighted by atomic mass is 32.2. The van der Waals surface area contributed by atoms with E-state index in [0.29, 0.717) is 16.9 Å². The van der Waals surface area contributed by atoms with Gasteiger partial charge in [0.15, 0.2) is 0 Å². The highest BCUT2D eigenvalue weighted by Crippen LogP contribution is 2.33. The molecular formula is C27H30F3N3O7S. The molecule has 2 aliphatic heterocycles. The Bertz CT molecular complexity index is 1440. The molecule has 1 unspecified atom stereocenters. The van der Waals surface area contributed by atoms with E-state index < -0.39 is 39.7 Å². The summed E-state index contributed by atoms with van der Waals surface area (Å²) in [7, 11) is -3.85. The number of aliphatic hydroxyl groups excluding tert-OH is 2. The smallest absolute Gasteiger partial charge is 0.493 e. The van der Waals surface area contributed by atoms with Gasteiger partial charge in [-0.15, -0.1) is 13.2 Å². The van der Waals surface area contributed by atoms with Gasteiger partial charge in [0.05, 0.1) is 19.3 Å². The predicted octanol–water partition coefficient (Wildman–Crippen LogP) is 2.73. The van der Waals surface area contributed by atoms with Gasteiger partial charge in [0, 0.05) is 30.5 Å². The van der Waals surface area contributed by atoms with Gasteiger partial charge in [-0.3, -0.25) is 9.79 Å². The van der Waals surface area contributed by atoms with Crippen LogP contribution < -0.4 is 14.8 Å². The molecule has 222 valence electrons. The maximum atomic E-state index is 13.1. The average Bonchev–Trinajstić information content (AvgIpc) is 3.23. The molecule has 2 aromatic rings. The number of aliphatic hydroxyl groups is 2. The standard InChI is InChI=1S/C27H30F3N3O7S/c1-18-19(4-3-7-23(18)39-14-8-21(35)17-34)9-15-41(37,38)33-12-10-26(11-13-33)25(36)31-24(32-26)20-5-2-6-22(16-20)40-27(28,29)30/h2-7,9,15-16,21,34-35H,8,10-14,17H2,1H3,(H,31,32,36)/b15-9+. The van der Waals surface area contributed by atoms with Crippen molar-refractivity contribution in [3.8, 4) is 11.5 Å². The third-order valence-corrected chi connectivity index (χ3v) is 8.46. The molecule has 1 spiro atoms. The molecule has 1 atom stereocenters. The first kappa shape index (κ1) is 30.5. The highest BCUT2D eigenvalue weighted by Gasteiger charge is 2.47. The van der Waals surface area contributed by atoms with Crippen molar-refractivity contribution >= 4 is 27.8 Å². The van der Waals surface area contributed by atoms with E-state index in [1.54, 1.807) is 25.1 Å². The number of sulfonamides is 1. The second-order valence-corrected chi connectivity index (χ2v) is 11.5. The van der Waals surface area contributed by atoms with Crippen molar-refractivity contribution in [2.75, 3.05) is 26.3 Å². The molecule has 1 saturated heterocycles. The molecule has 1 fully saturated rings. The van der Waals surface area contributed by atoms with Crippen LogP contribution in [0, 0.1) is 6.92 Å². The van der Waals surface area contributed by atoms with Crippen LogP contribution in [-0.2, 0) is 14.8 Å². The Hall–Kier alpha value is -3.46. The number of amidine groups is 1. The van der Waals surface area contributed by atoms with E-state index in [0.717, 1.165) is 17.5 Å². The Morgan fingerprint density at radius 3 is 2.59 bits per heavy atom. The molecule has 0 bridgehead atoms. The number of halogens is 3. The van der Waals surface area contributed by atoms with E-state index in [-0.39, 0.29) is 57.0 Å². The molecule has 2 aromatic carbocycles. The van der Waals surface area contributed by atoms with Crippen LogP contribution in [0.25, 0.3) is 6.08 Å². The van der Waals surface area contributed by atoms with E-state index in [4.69, 9.17) is 9.84 Å². The SMILES string of the molecule is Cc1c(/C=C/S(=O)(=O)N2CCC3(CC2)N=C(c2cccc(OC(F)(F)F)c2)NC3=O)cccc1OCCC(O)CO. The zero-order valence-corrected chi connectivity index (χ0v) is 22.9. The van der Waals surface area contributed by atoms with Gasteiger partial charge in [-0.2, -0.15) is 4.31 Å². The fourth-order valence-corrected chi connectivity index (χ4v) is 5.74. The molecular weight excluding hydrogens is 567 g/mol. The molecule has 0 aliphatic carbocycles. The van der Waals surface area contributed by atoms with E-state index in [9.17, 15) is 31.5 Å². The number of hydrogen-bond acceptors (Lipinski definition) is 8. The Kier molecular flexibility index (Phi) is 9.07. The van der Waals surface area contributed by atoms with Crippen molar-refractivity contribution in [2.24, 2.45) is 4.99 Å². The summed E-state index contributed by atoms with van der Waals surface area (Å²) in [5.74, 6) is -0.275. The van der Waals surface area contributed by atoms with Crippen molar-refractivity contribution in [2.45, 2.75) is 44.2 Å². The van der Waals surface area contributed by atoms with E-state index in [1.165, 1.54) is 22.5 Å². The Morgan fingerprint density at radius 1 is 1.20 bits per heavy atom. The third-order valence-electron chi connectivity index (χ3n) is 6.90. The first-order valence-corrected chi connectivity index (χ1v) is 14.3. The number of alkyl halides is 3. The maximum absolute atomic E-state index is 13.1. The summed E-state index contributed by atoms with van der Waals surface area (Å²) in [5.41, 5.74) is 0.325. The average molecular weight is 598 g/mol. The zero-order valence-electron chi connectivity index (χ0n) is 22.1. The summed E-state index contributed by atoms with van der Waals surface area (Å²) in [6.45, 7) is 1.61. The van der Waals surface area contributed by atoms with E-state index in [2.05, 4.69) is 15.0 Å². The monoisotopic (exact) mass is 597 g/mol. The highest BCUT2D eigenvalue weighted by molar-refractivity contribution is 7.92. The van der Waals surface area contributed by atoms with Gasteiger partial charge in [0.2, 0.25) is 10.0 Å². The van der Waals surface area contributed by atoms with Gasteiger partial charge < -0.3 is 25.0 Å². The molecule has 41 heavy (non-hydrogen) atoms. The van der Waals surface area contributed by atoms with Crippen molar-refractivity contribution < 1.29 is 46.1 Å². The molecule has 2 heterocycles. The molecule has 1 amide bonds. The van der Waals surface area contributed by atoms with Crippen LogP contribution in [0.4, 0.5) is 13.2 Å². The van der Waals surface area contributed by atoms with Crippen LogP contribution in [0.5, 0.6) is 11.5 Å². The fraction of sp³-hybridized carbons (Fsp3) is 0.407. The lowest BCUT2D eigenvalue weighted by atomic mass is 9.89. The third kappa shape index (κ3) is 7.44. The number of nitrogens with zero attached hydrogens (tertiary/aromatic N) is 2. The number of nitrogens with one attached hydrogen (secondary N) is 1. The number of rotatable bonds is 10. The van der Waals surface area contributed by atoms with Crippen molar-refractivity contribution in [3.63, 3.8) is 0 Å². The van der Waals surface area contributed by atoms with Crippen LogP contribution in [0.3, 0.4) is 0 Å². The first-order chi connectivity index (χ1) is 19.3. The van der Waals surface area contributed by atoms with Crippen LogP contribution in [0.15, 0.2) is 52.9 Å². The Balaban J connectivity index is 1.42. The number of hydrogen-bond donors (Lipinski definition) is 3. The Labute approximate surface area is 235 Å². The predicted molar refractivity (Wildman–Crippen MR) is 144 cm³/mol. The summed E-state index contributed by atoms with van der Waals surface area (Å²) < 4.78 is 74.8. The number of ether oxygens (including phenoxy) is 2. The summed E-state index contributed by atoms with van der Waals surface area (Å²) in [5, 5.41) is 22.1. The second-order valence-electron chi connectivity index (χ2n) is 9.71. The van der Waals surface area contributed by atoms with Crippen LogP contribution in [0.1, 0.15) is 36.0 Å². The van der Waals surface area contributed by atoms with Crippen LogP contribution in [-0.4, -0.2) is 79.0 Å². The van der Waals surface area contributed by atoms with Crippen molar-refractivity contribution in [1.29, 1.82) is 0 Å². The Morgan fingerprint density at radius 2 is 1.90 bits per heavy atom. The van der Waals surface area contributed by atoms with Crippen LogP contribution >= 0.6 is 0 Å². The molecule has 0 aromatic heterocycles. The lowest BCUT2D eigenvalue weighted by molar-refractivity contribution is -0.274. The molecule has 2 aliphatic rings.